The number of aromatic nitrogens is 3. The van der Waals surface area contributed by atoms with E-state index >= 15 is 0 Å². The van der Waals surface area contributed by atoms with Crippen LogP contribution in [0.2, 0.25) is 0 Å². The molecule has 1 aromatic carbocycles. The largest absolute Gasteiger partial charge is 0.451 e. The molecule has 0 fully saturated rings. The Balaban J connectivity index is 1.44. The number of thiophene rings is 1. The molecular formula is C19H14FN3O3S2. The lowest BCUT2D eigenvalue weighted by molar-refractivity contribution is 0.0434. The number of aryl methyl sites for hydroxylation is 2. The van der Waals surface area contributed by atoms with E-state index in [-0.39, 0.29) is 24.1 Å². The molecule has 0 saturated heterocycles. The Morgan fingerprint density at radius 3 is 2.82 bits per heavy atom. The van der Waals surface area contributed by atoms with Crippen molar-refractivity contribution in [3.63, 3.8) is 0 Å². The first kappa shape index (κ1) is 18.5. The third-order valence-corrected chi connectivity index (χ3v) is 5.84. The number of carbonyl (C=O) groups is 1. The van der Waals surface area contributed by atoms with Crippen molar-refractivity contribution in [2.45, 2.75) is 20.5 Å². The zero-order valence-corrected chi connectivity index (χ0v) is 16.6. The molecule has 4 rings (SSSR count). The van der Waals surface area contributed by atoms with Crippen molar-refractivity contribution < 1.29 is 18.4 Å². The topological polar surface area (TPSA) is 78.1 Å². The molecule has 0 amide bonds. The van der Waals surface area contributed by atoms with Crippen molar-refractivity contribution in [3.8, 4) is 22.0 Å². The summed E-state index contributed by atoms with van der Waals surface area (Å²) >= 11 is 2.85. The Labute approximate surface area is 167 Å². The fourth-order valence-electron chi connectivity index (χ4n) is 2.45. The van der Waals surface area contributed by atoms with Gasteiger partial charge in [-0.3, -0.25) is 0 Å². The van der Waals surface area contributed by atoms with E-state index in [1.165, 1.54) is 17.4 Å². The van der Waals surface area contributed by atoms with E-state index in [1.54, 1.807) is 37.3 Å². The van der Waals surface area contributed by atoms with Crippen LogP contribution in [0.1, 0.15) is 26.8 Å². The standard InChI is InChI=1S/C19H14FN3O3S2/c1-10-3-4-12(7-14(10)20)17-22-15(26-23-17)8-25-19(24)16-11(2)21-18(28-16)13-5-6-27-9-13/h3-7,9H,8H2,1-2H3. The molecule has 0 aliphatic rings. The molecule has 0 unspecified atom stereocenters. The third kappa shape index (κ3) is 3.71. The van der Waals surface area contributed by atoms with Crippen molar-refractivity contribution in [3.05, 3.63) is 62.9 Å². The van der Waals surface area contributed by atoms with Gasteiger partial charge in [0.05, 0.1) is 5.69 Å². The summed E-state index contributed by atoms with van der Waals surface area (Å²) in [6.45, 7) is 3.26. The summed E-state index contributed by atoms with van der Waals surface area (Å²) in [6.07, 6.45) is 0. The van der Waals surface area contributed by atoms with E-state index in [0.717, 1.165) is 10.6 Å². The highest BCUT2D eigenvalue weighted by molar-refractivity contribution is 7.17. The van der Waals surface area contributed by atoms with Gasteiger partial charge in [0, 0.05) is 16.5 Å². The van der Waals surface area contributed by atoms with Crippen LogP contribution in [0.3, 0.4) is 0 Å². The van der Waals surface area contributed by atoms with Crippen LogP contribution < -0.4 is 0 Å². The fourth-order valence-corrected chi connectivity index (χ4v) is 4.12. The summed E-state index contributed by atoms with van der Waals surface area (Å²) in [4.78, 5) is 21.4. The first-order chi connectivity index (χ1) is 13.5. The van der Waals surface area contributed by atoms with Gasteiger partial charge in [0.25, 0.3) is 5.89 Å². The lowest BCUT2D eigenvalue weighted by atomic mass is 10.1. The molecule has 28 heavy (non-hydrogen) atoms. The minimum atomic E-state index is -0.502. The fraction of sp³-hybridized carbons (Fsp3) is 0.158. The van der Waals surface area contributed by atoms with Crippen molar-refractivity contribution in [1.82, 2.24) is 15.1 Å². The summed E-state index contributed by atoms with van der Waals surface area (Å²) in [5.74, 6) is -0.488. The maximum atomic E-state index is 13.7. The van der Waals surface area contributed by atoms with Crippen LogP contribution in [0.25, 0.3) is 22.0 Å². The molecular weight excluding hydrogens is 401 g/mol. The highest BCUT2D eigenvalue weighted by Gasteiger charge is 2.19. The molecule has 3 aromatic heterocycles. The zero-order chi connectivity index (χ0) is 19.7. The molecule has 142 valence electrons. The number of halogens is 1. The second-order valence-electron chi connectivity index (χ2n) is 6.00. The SMILES string of the molecule is Cc1ccc(-c2noc(COC(=O)c3sc(-c4ccsc4)nc3C)n2)cc1F. The number of ether oxygens (including phenoxy) is 1. The first-order valence-corrected chi connectivity index (χ1v) is 10.0. The first-order valence-electron chi connectivity index (χ1n) is 8.27. The second kappa shape index (κ2) is 7.61. The van der Waals surface area contributed by atoms with E-state index in [9.17, 15) is 9.18 Å². The van der Waals surface area contributed by atoms with E-state index in [4.69, 9.17) is 9.26 Å². The summed E-state index contributed by atoms with van der Waals surface area (Å²) in [5, 5.41) is 8.51. The van der Waals surface area contributed by atoms with Crippen LogP contribution >= 0.6 is 22.7 Å². The Morgan fingerprint density at radius 1 is 1.21 bits per heavy atom. The number of esters is 1. The molecule has 9 heteroatoms. The van der Waals surface area contributed by atoms with Crippen LogP contribution in [-0.2, 0) is 11.3 Å². The smallest absolute Gasteiger partial charge is 0.350 e. The Kier molecular flexibility index (Phi) is 5.01. The molecule has 0 saturated carbocycles. The normalized spacial score (nSPS) is 11.0. The number of nitrogens with zero attached hydrogens (tertiary/aromatic N) is 3. The van der Waals surface area contributed by atoms with Gasteiger partial charge < -0.3 is 9.26 Å². The summed E-state index contributed by atoms with van der Waals surface area (Å²) in [6, 6.07) is 6.62. The second-order valence-corrected chi connectivity index (χ2v) is 7.78. The van der Waals surface area contributed by atoms with Crippen molar-refractivity contribution >= 4 is 28.6 Å². The average molecular weight is 415 g/mol. The molecule has 0 N–H and O–H groups in total. The highest BCUT2D eigenvalue weighted by atomic mass is 32.1. The number of carbonyl (C=O) groups excluding carboxylic acids is 1. The molecule has 0 spiro atoms. The number of hydrogen-bond donors (Lipinski definition) is 0. The third-order valence-electron chi connectivity index (χ3n) is 3.97. The van der Waals surface area contributed by atoms with Crippen LogP contribution in [0.5, 0.6) is 0 Å². The van der Waals surface area contributed by atoms with Crippen LogP contribution in [0.4, 0.5) is 4.39 Å². The summed E-state index contributed by atoms with van der Waals surface area (Å²) in [5.41, 5.74) is 2.60. The highest BCUT2D eigenvalue weighted by Crippen LogP contribution is 2.30. The van der Waals surface area contributed by atoms with Gasteiger partial charge in [0.15, 0.2) is 6.61 Å². The number of rotatable bonds is 5. The molecule has 0 radical (unpaired) electrons. The van der Waals surface area contributed by atoms with Crippen LogP contribution in [-0.4, -0.2) is 21.1 Å². The van der Waals surface area contributed by atoms with Gasteiger partial charge in [-0.25, -0.2) is 14.2 Å². The van der Waals surface area contributed by atoms with Gasteiger partial charge in [0.1, 0.15) is 15.7 Å². The maximum absolute atomic E-state index is 13.7. The lowest BCUT2D eigenvalue weighted by Gasteiger charge is -1.99. The summed E-state index contributed by atoms with van der Waals surface area (Å²) in [7, 11) is 0. The van der Waals surface area contributed by atoms with Gasteiger partial charge >= 0.3 is 5.97 Å². The number of hydrogen-bond acceptors (Lipinski definition) is 8. The van der Waals surface area contributed by atoms with Crippen LogP contribution in [0.15, 0.2) is 39.5 Å². The molecule has 4 aromatic rings. The zero-order valence-electron chi connectivity index (χ0n) is 14.9. The monoisotopic (exact) mass is 415 g/mol. The van der Waals surface area contributed by atoms with Crippen molar-refractivity contribution in [1.29, 1.82) is 0 Å². The van der Waals surface area contributed by atoms with Gasteiger partial charge in [-0.05, 0) is 36.9 Å². The lowest BCUT2D eigenvalue weighted by Crippen LogP contribution is -2.05. The van der Waals surface area contributed by atoms with E-state index in [2.05, 4.69) is 15.1 Å². The maximum Gasteiger partial charge on any atom is 0.350 e. The van der Waals surface area contributed by atoms with Crippen molar-refractivity contribution in [2.75, 3.05) is 0 Å². The van der Waals surface area contributed by atoms with E-state index in [0.29, 0.717) is 21.7 Å². The number of benzene rings is 1. The quantitative estimate of drug-likeness (QED) is 0.425. The van der Waals surface area contributed by atoms with Gasteiger partial charge in [-0.2, -0.15) is 16.3 Å². The van der Waals surface area contributed by atoms with E-state index < -0.39 is 5.97 Å². The molecule has 6 nitrogen and oxygen atoms in total. The number of thiazole rings is 1. The van der Waals surface area contributed by atoms with Gasteiger partial charge in [0.2, 0.25) is 5.82 Å². The predicted octanol–water partition coefficient (Wildman–Crippen LogP) is 5.03. The Bertz CT molecular complexity index is 1140. The molecule has 3 heterocycles. The molecule has 0 atom stereocenters. The van der Waals surface area contributed by atoms with Crippen molar-refractivity contribution in [2.24, 2.45) is 0 Å². The minimum absolute atomic E-state index is 0.129. The Morgan fingerprint density at radius 2 is 2.07 bits per heavy atom. The Hall–Kier alpha value is -2.91. The minimum Gasteiger partial charge on any atom is -0.451 e. The predicted molar refractivity (Wildman–Crippen MR) is 104 cm³/mol. The molecule has 0 aliphatic heterocycles. The molecule has 0 aliphatic carbocycles. The van der Waals surface area contributed by atoms with E-state index in [1.807, 2.05) is 16.8 Å². The molecule has 0 bridgehead atoms. The average Bonchev–Trinajstić information content (AvgIpc) is 3.42. The van der Waals surface area contributed by atoms with Gasteiger partial charge in [-0.15, -0.1) is 11.3 Å². The van der Waals surface area contributed by atoms with Gasteiger partial charge in [-0.1, -0.05) is 17.3 Å². The van der Waals surface area contributed by atoms with Crippen LogP contribution in [0, 0.1) is 19.7 Å². The summed E-state index contributed by atoms with van der Waals surface area (Å²) < 4.78 is 24.1.